The molecule has 0 spiro atoms. The minimum absolute atomic E-state index is 0.542. The molecule has 0 radical (unpaired) electrons. The molecule has 3 aliphatic heterocycles. The Morgan fingerprint density at radius 1 is 0.283 bits per heavy atom. The number of hydrogen-bond acceptors (Lipinski definition) is 8. The van der Waals surface area contributed by atoms with Gasteiger partial charge in [-0.05, 0) is 146 Å². The number of benzene rings is 6. The summed E-state index contributed by atoms with van der Waals surface area (Å²) in [5.41, 5.74) is 7.01. The number of nitrogens with zero attached hydrogens (tertiary/aromatic N) is 6. The summed E-state index contributed by atoms with van der Waals surface area (Å²) < 4.78 is 31.2. The summed E-state index contributed by atoms with van der Waals surface area (Å²) in [5, 5.41) is 3.61. The van der Waals surface area contributed by atoms with Gasteiger partial charge in [0.25, 0.3) is 0 Å². The normalized spacial score (nSPS) is 12.8. The van der Waals surface area contributed by atoms with E-state index in [1.54, 1.807) is 7.11 Å². The van der Waals surface area contributed by atoms with E-state index < -0.39 is 7.19 Å². The smallest absolute Gasteiger partial charge is 0.457 e. The highest BCUT2D eigenvalue weighted by Crippen LogP contribution is 2.44. The molecule has 0 saturated carbocycles. The topological polar surface area (TPSA) is 96.2 Å². The molecule has 5 heterocycles. The third-order valence-corrected chi connectivity index (χ3v) is 20.9. The maximum absolute atomic E-state index is 6.80. The van der Waals surface area contributed by atoms with Crippen LogP contribution < -0.4 is 25.2 Å². The molecule has 2 aromatic heterocycles. The first-order valence-electron chi connectivity index (χ1n) is 39.9. The lowest BCUT2D eigenvalue weighted by atomic mass is 9.99. The maximum Gasteiger partial charge on any atom is 0.562 e. The number of hydrogen-bond donors (Lipinski definition) is 0. The van der Waals surface area contributed by atoms with Gasteiger partial charge in [0.1, 0.15) is 57.1 Å². The Morgan fingerprint density at radius 3 is 1.05 bits per heavy atom. The second kappa shape index (κ2) is 39.7. The van der Waals surface area contributed by atoms with Crippen molar-refractivity contribution in [1.29, 1.82) is 0 Å². The molecular weight excluding hydrogens is 1220 g/mol. The Morgan fingerprint density at radius 2 is 0.626 bits per heavy atom. The fourth-order valence-electron chi connectivity index (χ4n) is 15.3. The molecule has 3 aliphatic rings. The number of fused-ring (bicyclic) bond motifs is 10. The van der Waals surface area contributed by atoms with Crippen LogP contribution in [0.2, 0.25) is 0 Å². The van der Waals surface area contributed by atoms with Crippen molar-refractivity contribution >= 4 is 52.0 Å². The predicted molar refractivity (Wildman–Crippen MR) is 416 cm³/mol. The molecule has 0 N–H and O–H groups in total. The van der Waals surface area contributed by atoms with Crippen LogP contribution in [0.4, 0.5) is 11.6 Å². The van der Waals surface area contributed by atoms with Crippen LogP contribution in [-0.4, -0.2) is 34.9 Å². The van der Waals surface area contributed by atoms with Crippen molar-refractivity contribution < 1.29 is 18.9 Å². The largest absolute Gasteiger partial charge is 0.562 e. The summed E-state index contributed by atoms with van der Waals surface area (Å²) in [4.78, 5) is 22.0. The van der Waals surface area contributed by atoms with E-state index in [4.69, 9.17) is 38.8 Å². The standard InChI is InChI=1S/C88H117BN6O4/c1-5-8-11-14-17-20-23-26-29-32-35-38-41-47-68-50-44-53-71(62-68)97-74-56-59-77-80(65-74)84-90-83(77)91-87-81-66-75(98-72-54-45-51-69(63-72)48-42-39-36-33-30-27-24-21-18-15-12-9-6-2)58-61-79(81)86-93-88-82-67-76(57-60-78(82)85(92-84)94(88)89(96-4)95(86)87)99-73-55-46-52-70(64-73)49-43-40-37-34-31-28-25-22-19-16-13-10-7-3/h44-46,50-67H,5-43,47-49H2,1-4H3. The Kier molecular flexibility index (Phi) is 29.3. The van der Waals surface area contributed by atoms with Crippen molar-refractivity contribution in [3.63, 3.8) is 0 Å². The lowest BCUT2D eigenvalue weighted by molar-refractivity contribution is 0.396. The zero-order valence-electron chi connectivity index (χ0n) is 61.2. The minimum atomic E-state index is -0.699. The number of aryl methyl sites for hydroxylation is 3. The predicted octanol–water partition coefficient (Wildman–Crippen LogP) is 25.6. The summed E-state index contributed by atoms with van der Waals surface area (Å²) in [6.45, 7) is 6.89. The Balaban J connectivity index is 0.818. The van der Waals surface area contributed by atoms with E-state index in [0.29, 0.717) is 34.5 Å². The van der Waals surface area contributed by atoms with Gasteiger partial charge in [0.15, 0.2) is 11.7 Å². The quantitative estimate of drug-likeness (QED) is 0.0280. The molecule has 0 amide bonds. The van der Waals surface area contributed by atoms with Crippen LogP contribution >= 0.6 is 0 Å². The van der Waals surface area contributed by atoms with Crippen molar-refractivity contribution in [2.24, 2.45) is 20.0 Å². The summed E-state index contributed by atoms with van der Waals surface area (Å²) >= 11 is 0. The number of ether oxygens (including phenoxy) is 3. The van der Waals surface area contributed by atoms with E-state index in [9.17, 15) is 0 Å². The van der Waals surface area contributed by atoms with E-state index in [1.165, 1.54) is 267 Å². The van der Waals surface area contributed by atoms with Crippen LogP contribution in [-0.2, 0) is 23.9 Å². The minimum Gasteiger partial charge on any atom is -0.457 e. The van der Waals surface area contributed by atoms with Gasteiger partial charge in [-0.25, -0.2) is 20.0 Å². The Bertz CT molecular complexity index is 4010. The molecule has 11 heteroatoms. The molecule has 0 unspecified atom stereocenters. The SMILES string of the molecule is CCCCCCCCCCCCCCCc1cccc(Oc2ccc3c(c2)C2=Nc4c5ccc(Oc6cccc(CCCCCCCCCCCCCCC)c6)cc5c5n4B(OC)n4c(c6cc(Oc7cccc(CCCCCCCCCCCCCCC)c7)ccc6c4=N5)=NC3=N2)c1. The highest BCUT2D eigenvalue weighted by atomic mass is 16.5. The zero-order valence-corrected chi connectivity index (χ0v) is 61.2. The first kappa shape index (κ1) is 73.0. The third kappa shape index (κ3) is 20.9. The van der Waals surface area contributed by atoms with Crippen molar-refractivity contribution in [2.45, 2.75) is 290 Å². The van der Waals surface area contributed by atoms with Crippen LogP contribution in [0, 0.1) is 0 Å². The van der Waals surface area contributed by atoms with Gasteiger partial charge >= 0.3 is 7.19 Å². The van der Waals surface area contributed by atoms with Crippen molar-refractivity contribution in [3.8, 4) is 34.5 Å². The molecule has 0 saturated heterocycles. The Labute approximate surface area is 594 Å². The van der Waals surface area contributed by atoms with E-state index in [-0.39, 0.29) is 0 Å². The lowest BCUT2D eigenvalue weighted by Gasteiger charge is -2.21. The van der Waals surface area contributed by atoms with Crippen LogP contribution in [0.5, 0.6) is 34.5 Å². The van der Waals surface area contributed by atoms with Crippen LogP contribution in [0.25, 0.3) is 21.5 Å². The highest BCUT2D eigenvalue weighted by molar-refractivity contribution is 6.51. The second-order valence-corrected chi connectivity index (χ2v) is 29.0. The van der Waals surface area contributed by atoms with Crippen molar-refractivity contribution in [3.05, 3.63) is 166 Å². The monoisotopic (exact) mass is 1330 g/mol. The summed E-state index contributed by atoms with van der Waals surface area (Å²) in [5.74, 6) is 7.10. The summed E-state index contributed by atoms with van der Waals surface area (Å²) in [6, 6.07) is 44.6. The lowest BCUT2D eigenvalue weighted by Crippen LogP contribution is -2.49. The summed E-state index contributed by atoms with van der Waals surface area (Å²) in [6.07, 6.45) is 55.8. The first-order valence-corrected chi connectivity index (χ1v) is 39.9. The molecule has 8 aromatic rings. The van der Waals surface area contributed by atoms with Gasteiger partial charge in [0.05, 0.1) is 0 Å². The molecule has 526 valence electrons. The van der Waals surface area contributed by atoms with Gasteiger partial charge in [0, 0.05) is 39.8 Å². The van der Waals surface area contributed by atoms with Crippen molar-refractivity contribution in [1.82, 2.24) is 8.96 Å². The van der Waals surface area contributed by atoms with Gasteiger partial charge in [-0.1, -0.05) is 288 Å². The van der Waals surface area contributed by atoms with Crippen LogP contribution in [0.15, 0.2) is 147 Å². The summed E-state index contributed by atoms with van der Waals surface area (Å²) in [7, 11) is 1.05. The molecule has 11 rings (SSSR count). The number of unbranched alkanes of at least 4 members (excludes halogenated alkanes) is 36. The highest BCUT2D eigenvalue weighted by Gasteiger charge is 2.38. The molecule has 10 nitrogen and oxygen atoms in total. The third-order valence-electron chi connectivity index (χ3n) is 20.9. The molecule has 0 aliphatic carbocycles. The van der Waals surface area contributed by atoms with Crippen molar-refractivity contribution in [2.75, 3.05) is 7.11 Å². The molecular formula is C88H117BN6O4. The van der Waals surface area contributed by atoms with E-state index in [2.05, 4.69) is 151 Å². The maximum atomic E-state index is 6.80. The molecule has 0 atom stereocenters. The van der Waals surface area contributed by atoms with Gasteiger partial charge in [0.2, 0.25) is 0 Å². The van der Waals surface area contributed by atoms with Gasteiger partial charge in [-0.15, -0.1) is 0 Å². The number of rotatable bonds is 49. The van der Waals surface area contributed by atoms with E-state index in [0.717, 1.165) is 86.2 Å². The molecule has 4 bridgehead atoms. The Hall–Kier alpha value is -7.24. The second-order valence-electron chi connectivity index (χ2n) is 29.0. The molecule has 99 heavy (non-hydrogen) atoms. The van der Waals surface area contributed by atoms with Crippen LogP contribution in [0.3, 0.4) is 0 Å². The van der Waals surface area contributed by atoms with Gasteiger partial charge in [-0.3, -0.25) is 0 Å². The molecule has 0 fully saturated rings. The van der Waals surface area contributed by atoms with E-state index >= 15 is 0 Å². The average Bonchev–Trinajstić information content (AvgIpc) is 1.54. The number of aliphatic imine (C=N–C) groups is 2. The molecule has 6 aromatic carbocycles. The number of amidine groups is 2. The number of aromatic nitrogens is 2. The van der Waals surface area contributed by atoms with Crippen LogP contribution in [0.1, 0.15) is 299 Å². The fourth-order valence-corrected chi connectivity index (χ4v) is 15.3. The van der Waals surface area contributed by atoms with E-state index in [1.807, 2.05) is 6.07 Å². The van der Waals surface area contributed by atoms with Gasteiger partial charge in [-0.2, -0.15) is 0 Å². The average molecular weight is 1330 g/mol. The van der Waals surface area contributed by atoms with Gasteiger partial charge < -0.3 is 27.8 Å². The fraction of sp³-hybridized carbons (Fsp3) is 0.523. The zero-order chi connectivity index (χ0) is 68.1. The first-order chi connectivity index (χ1) is 49.0.